The number of carbonyl (C=O) groups excluding carboxylic acids is 1. The van der Waals surface area contributed by atoms with Crippen molar-refractivity contribution in [3.05, 3.63) is 71.9 Å². The predicted octanol–water partition coefficient (Wildman–Crippen LogP) is 5.38. The van der Waals surface area contributed by atoms with Gasteiger partial charge >= 0.3 is 0 Å². The molecule has 2 aromatic carbocycles. The summed E-state index contributed by atoms with van der Waals surface area (Å²) in [5.74, 6) is 0.506. The van der Waals surface area contributed by atoms with Crippen LogP contribution in [0.1, 0.15) is 18.1 Å². The first-order valence-electron chi connectivity index (χ1n) is 9.36. The van der Waals surface area contributed by atoms with Crippen LogP contribution in [0.3, 0.4) is 0 Å². The zero-order valence-electron chi connectivity index (χ0n) is 16.5. The Morgan fingerprint density at radius 1 is 1.07 bits per heavy atom. The van der Waals surface area contributed by atoms with E-state index >= 15 is 0 Å². The molecule has 1 N–H and O–H groups in total. The van der Waals surface area contributed by atoms with Crippen LogP contribution in [0, 0.1) is 13.8 Å². The van der Waals surface area contributed by atoms with Gasteiger partial charge in [-0.25, -0.2) is 9.97 Å². The molecule has 0 saturated carbocycles. The second kappa shape index (κ2) is 8.01. The second-order valence-corrected chi connectivity index (χ2v) is 7.97. The molecule has 5 nitrogen and oxygen atoms in total. The van der Waals surface area contributed by atoms with Gasteiger partial charge in [0.2, 0.25) is 0 Å². The van der Waals surface area contributed by atoms with Gasteiger partial charge in [-0.2, -0.15) is 0 Å². The van der Waals surface area contributed by atoms with Gasteiger partial charge in [-0.15, -0.1) is 0 Å². The lowest BCUT2D eigenvalue weighted by Crippen LogP contribution is -2.30. The van der Waals surface area contributed by atoms with Crippen LogP contribution >= 0.6 is 11.3 Å². The minimum Gasteiger partial charge on any atom is -0.481 e. The number of hydrogen-bond donors (Lipinski definition) is 1. The number of aromatic nitrogens is 2. The SMILES string of the molecule is Cc1cc(C)cc(OC(C)C(=O)Nc2ccc(-c3nc4cccnc4s3)cc2)c1. The standard InChI is InChI=1S/C23H21N3O2S/c1-14-11-15(2)13-19(12-14)28-16(3)21(27)25-18-8-6-17(7-9-18)22-26-20-5-4-10-24-23(20)29-22/h4-13,16H,1-3H3,(H,25,27). The molecule has 0 bridgehead atoms. The van der Waals surface area contributed by atoms with Crippen molar-refractivity contribution in [2.75, 3.05) is 5.32 Å². The number of nitrogens with one attached hydrogen (secondary N) is 1. The van der Waals surface area contributed by atoms with Crippen molar-refractivity contribution in [3.8, 4) is 16.3 Å². The monoisotopic (exact) mass is 403 g/mol. The Bertz CT molecular complexity index is 1120. The van der Waals surface area contributed by atoms with E-state index in [1.807, 2.05) is 62.4 Å². The van der Waals surface area contributed by atoms with Gasteiger partial charge in [-0.05, 0) is 80.4 Å². The predicted molar refractivity (Wildman–Crippen MR) is 117 cm³/mol. The summed E-state index contributed by atoms with van der Waals surface area (Å²) >= 11 is 1.55. The molecule has 1 amide bonds. The lowest BCUT2D eigenvalue weighted by Gasteiger charge is -2.15. The number of aryl methyl sites for hydroxylation is 2. The molecule has 29 heavy (non-hydrogen) atoms. The third-order valence-corrected chi connectivity index (χ3v) is 5.47. The molecule has 4 rings (SSSR count). The van der Waals surface area contributed by atoms with Gasteiger partial charge in [0.15, 0.2) is 6.10 Å². The largest absolute Gasteiger partial charge is 0.481 e. The van der Waals surface area contributed by atoms with Crippen molar-refractivity contribution < 1.29 is 9.53 Å². The van der Waals surface area contributed by atoms with E-state index in [1.165, 1.54) is 0 Å². The van der Waals surface area contributed by atoms with Crippen LogP contribution < -0.4 is 10.1 Å². The lowest BCUT2D eigenvalue weighted by molar-refractivity contribution is -0.122. The number of thiazole rings is 1. The van der Waals surface area contributed by atoms with Crippen molar-refractivity contribution in [3.63, 3.8) is 0 Å². The van der Waals surface area contributed by atoms with Crippen LogP contribution in [-0.2, 0) is 4.79 Å². The highest BCUT2D eigenvalue weighted by Gasteiger charge is 2.15. The molecule has 1 unspecified atom stereocenters. The number of carbonyl (C=O) groups is 1. The summed E-state index contributed by atoms with van der Waals surface area (Å²) in [5, 5.41) is 3.81. The van der Waals surface area contributed by atoms with E-state index in [1.54, 1.807) is 24.5 Å². The fraction of sp³-hybridized carbons (Fsp3) is 0.174. The van der Waals surface area contributed by atoms with E-state index in [-0.39, 0.29) is 5.91 Å². The maximum atomic E-state index is 12.5. The highest BCUT2D eigenvalue weighted by atomic mass is 32.1. The summed E-state index contributed by atoms with van der Waals surface area (Å²) in [6.07, 6.45) is 1.16. The fourth-order valence-electron chi connectivity index (χ4n) is 3.09. The summed E-state index contributed by atoms with van der Waals surface area (Å²) in [7, 11) is 0. The summed E-state index contributed by atoms with van der Waals surface area (Å²) in [6.45, 7) is 5.76. The number of nitrogens with zero attached hydrogens (tertiary/aromatic N) is 2. The van der Waals surface area contributed by atoms with E-state index in [0.29, 0.717) is 11.4 Å². The van der Waals surface area contributed by atoms with E-state index in [9.17, 15) is 4.79 Å². The molecular weight excluding hydrogens is 382 g/mol. The van der Waals surface area contributed by atoms with Gasteiger partial charge < -0.3 is 10.1 Å². The van der Waals surface area contributed by atoms with E-state index in [0.717, 1.165) is 32.0 Å². The molecule has 1 atom stereocenters. The van der Waals surface area contributed by atoms with Gasteiger partial charge in [0.1, 0.15) is 21.1 Å². The first-order chi connectivity index (χ1) is 14.0. The topological polar surface area (TPSA) is 64.1 Å². The Morgan fingerprint density at radius 3 is 2.48 bits per heavy atom. The Labute approximate surface area is 173 Å². The van der Waals surface area contributed by atoms with Gasteiger partial charge in [-0.1, -0.05) is 17.4 Å². The number of benzene rings is 2. The second-order valence-electron chi connectivity index (χ2n) is 7.00. The number of fused-ring (bicyclic) bond motifs is 1. The Hall–Kier alpha value is -3.25. The van der Waals surface area contributed by atoms with E-state index in [4.69, 9.17) is 4.74 Å². The van der Waals surface area contributed by atoms with Gasteiger partial charge in [-0.3, -0.25) is 4.79 Å². The molecule has 2 aromatic heterocycles. The molecule has 0 fully saturated rings. The molecule has 0 saturated heterocycles. The van der Waals surface area contributed by atoms with Gasteiger partial charge in [0, 0.05) is 17.4 Å². The Morgan fingerprint density at radius 2 is 1.79 bits per heavy atom. The first kappa shape index (κ1) is 19.1. The molecule has 0 aliphatic rings. The summed E-state index contributed by atoms with van der Waals surface area (Å²) in [4.78, 5) is 22.4. The minimum absolute atomic E-state index is 0.193. The smallest absolute Gasteiger partial charge is 0.265 e. The zero-order chi connectivity index (χ0) is 20.4. The average molecular weight is 404 g/mol. The Kier molecular flexibility index (Phi) is 5.27. The van der Waals surface area contributed by atoms with Crippen molar-refractivity contribution in [1.29, 1.82) is 0 Å². The van der Waals surface area contributed by atoms with E-state index in [2.05, 4.69) is 21.4 Å². The lowest BCUT2D eigenvalue weighted by atomic mass is 10.1. The maximum Gasteiger partial charge on any atom is 0.265 e. The van der Waals surface area contributed by atoms with Crippen LogP contribution in [0.2, 0.25) is 0 Å². The molecule has 4 aromatic rings. The van der Waals surface area contributed by atoms with Crippen molar-refractivity contribution >= 4 is 33.3 Å². The van der Waals surface area contributed by atoms with Crippen molar-refractivity contribution in [2.45, 2.75) is 26.9 Å². The first-order valence-corrected chi connectivity index (χ1v) is 10.2. The number of pyridine rings is 1. The summed E-state index contributed by atoms with van der Waals surface area (Å²) < 4.78 is 5.81. The quantitative estimate of drug-likeness (QED) is 0.486. The number of rotatable bonds is 5. The molecule has 2 heterocycles. The van der Waals surface area contributed by atoms with Crippen LogP contribution in [0.15, 0.2) is 60.8 Å². The number of amides is 1. The molecule has 0 spiro atoms. The normalized spacial score (nSPS) is 12.0. The number of ether oxygens (including phenoxy) is 1. The van der Waals surface area contributed by atoms with Crippen LogP contribution in [0.5, 0.6) is 5.75 Å². The zero-order valence-corrected chi connectivity index (χ0v) is 17.3. The maximum absolute atomic E-state index is 12.5. The van der Waals surface area contributed by atoms with Crippen molar-refractivity contribution in [1.82, 2.24) is 9.97 Å². The van der Waals surface area contributed by atoms with Crippen LogP contribution in [0.25, 0.3) is 20.9 Å². The number of anilines is 1. The third-order valence-electron chi connectivity index (χ3n) is 4.44. The average Bonchev–Trinajstić information content (AvgIpc) is 3.12. The van der Waals surface area contributed by atoms with Crippen LogP contribution in [-0.4, -0.2) is 22.0 Å². The minimum atomic E-state index is -0.605. The van der Waals surface area contributed by atoms with Crippen LogP contribution in [0.4, 0.5) is 5.69 Å². The molecule has 0 radical (unpaired) electrons. The van der Waals surface area contributed by atoms with Gasteiger partial charge in [0.05, 0.1) is 0 Å². The molecule has 0 aliphatic heterocycles. The van der Waals surface area contributed by atoms with E-state index < -0.39 is 6.10 Å². The molecular formula is C23H21N3O2S. The molecule has 0 aliphatic carbocycles. The highest BCUT2D eigenvalue weighted by Crippen LogP contribution is 2.29. The Balaban J connectivity index is 1.43. The summed E-state index contributed by atoms with van der Waals surface area (Å²) in [6, 6.07) is 17.4. The third kappa shape index (κ3) is 4.43. The number of hydrogen-bond acceptors (Lipinski definition) is 5. The van der Waals surface area contributed by atoms with Gasteiger partial charge in [0.25, 0.3) is 5.91 Å². The fourth-order valence-corrected chi connectivity index (χ4v) is 4.00. The molecule has 146 valence electrons. The van der Waals surface area contributed by atoms with Crippen molar-refractivity contribution in [2.24, 2.45) is 0 Å². The molecule has 6 heteroatoms. The highest BCUT2D eigenvalue weighted by molar-refractivity contribution is 7.21. The summed E-state index contributed by atoms with van der Waals surface area (Å²) in [5.41, 5.74) is 4.81.